The molecule has 15 heteroatoms. The van der Waals surface area contributed by atoms with E-state index in [1.165, 1.54) is 13.2 Å². The Kier molecular flexibility index (Phi) is 10.9. The van der Waals surface area contributed by atoms with Crippen LogP contribution < -0.4 is 15.4 Å². The molecule has 1 aliphatic heterocycles. The molecule has 2 amide bonds. The molecule has 0 spiro atoms. The molecule has 4 N–H and O–H groups in total. The smallest absolute Gasteiger partial charge is 0.407 e. The number of aromatic amines is 2. The van der Waals surface area contributed by atoms with E-state index in [1.54, 1.807) is 29.5 Å². The number of fused-ring (bicyclic) bond motifs is 5. The van der Waals surface area contributed by atoms with Crippen LogP contribution in [0.25, 0.3) is 44.7 Å². The number of H-pyrrole nitrogens is 2. The molecule has 13 nitrogen and oxygen atoms in total. The molecule has 0 saturated heterocycles. The van der Waals surface area contributed by atoms with Crippen LogP contribution in [0.15, 0.2) is 55.0 Å². The van der Waals surface area contributed by atoms with Gasteiger partial charge in [0.15, 0.2) is 0 Å². The van der Waals surface area contributed by atoms with Gasteiger partial charge < -0.3 is 35.0 Å². The van der Waals surface area contributed by atoms with Crippen LogP contribution in [0.4, 0.5) is 9.18 Å². The molecular weight excluding hydrogens is 746 g/mol. The fourth-order valence-corrected chi connectivity index (χ4v) is 8.58. The minimum Gasteiger partial charge on any atom is -0.464 e. The summed E-state index contributed by atoms with van der Waals surface area (Å²) in [4.78, 5) is 47.0. The van der Waals surface area contributed by atoms with Crippen molar-refractivity contribution in [3.63, 3.8) is 0 Å². The third-order valence-corrected chi connectivity index (χ3v) is 12.1. The number of ether oxygens (including phenoxy) is 2. The number of benzene rings is 2. The number of aromatic nitrogens is 6. The largest absolute Gasteiger partial charge is 0.464 e. The summed E-state index contributed by atoms with van der Waals surface area (Å²) in [6, 6.07) is 12.1. The Morgan fingerprint density at radius 2 is 1.81 bits per heavy atom. The molecule has 1 aliphatic carbocycles. The second-order valence-electron chi connectivity index (χ2n) is 15.3. The van der Waals surface area contributed by atoms with E-state index in [2.05, 4.69) is 73.0 Å². The summed E-state index contributed by atoms with van der Waals surface area (Å²) in [5.74, 6) is 2.54. The lowest BCUT2D eigenvalue weighted by molar-refractivity contribution is -0.128. The van der Waals surface area contributed by atoms with Gasteiger partial charge in [0.05, 0.1) is 57.6 Å². The van der Waals surface area contributed by atoms with Crippen LogP contribution in [-0.2, 0) is 22.4 Å². The number of carbonyl (C=O) groups is 2. The van der Waals surface area contributed by atoms with Gasteiger partial charge >= 0.3 is 6.09 Å². The average molecular weight is 794 g/mol. The number of amides is 2. The molecule has 6 aromatic rings. The van der Waals surface area contributed by atoms with E-state index in [4.69, 9.17) is 14.7 Å². The lowest BCUT2D eigenvalue weighted by Gasteiger charge is -2.29. The molecule has 57 heavy (non-hydrogen) atoms. The van der Waals surface area contributed by atoms with Crippen molar-refractivity contribution in [1.29, 1.82) is 0 Å². The second-order valence-corrected chi connectivity index (χ2v) is 16.4. The van der Waals surface area contributed by atoms with Gasteiger partial charge in [0.25, 0.3) is 0 Å². The fraction of sp³-hybridized carbons (Fsp3) is 0.405. The molecule has 2 unspecified atom stereocenters. The highest BCUT2D eigenvalue weighted by molar-refractivity contribution is 7.11. The highest BCUT2D eigenvalue weighted by atomic mass is 32.1. The molecular formula is C42H48FN9O4S. The van der Waals surface area contributed by atoms with Gasteiger partial charge in [0.1, 0.15) is 29.8 Å². The molecule has 4 aromatic heterocycles. The van der Waals surface area contributed by atoms with Crippen LogP contribution in [0.2, 0.25) is 0 Å². The number of methoxy groups -OCH3 is 1. The first-order valence-electron chi connectivity index (χ1n) is 19.5. The third-order valence-electron chi connectivity index (χ3n) is 11.0. The van der Waals surface area contributed by atoms with Crippen molar-refractivity contribution in [3.05, 3.63) is 82.3 Å². The SMILES string of the molecule is CNC(Cc1ncc(-c2ccc3c(c2)cc2n3C(c3cnc(C4CC4)s3)Oc3cc(-c4cnc(CCCCN(C)C(=O)CNC(=O)OC)[nH]4)cc(F)c3-2)[nH]1)C(C)C. The fourth-order valence-electron chi connectivity index (χ4n) is 7.47. The van der Waals surface area contributed by atoms with Crippen molar-refractivity contribution in [2.45, 2.75) is 70.6 Å². The Bertz CT molecular complexity index is 2410. The van der Waals surface area contributed by atoms with Gasteiger partial charge in [-0.2, -0.15) is 0 Å². The average Bonchev–Trinajstić information content (AvgIpc) is 3.59. The lowest BCUT2D eigenvalue weighted by Crippen LogP contribution is -2.38. The highest BCUT2D eigenvalue weighted by Crippen LogP contribution is 2.49. The quantitative estimate of drug-likeness (QED) is 0.0784. The van der Waals surface area contributed by atoms with Crippen LogP contribution in [0.5, 0.6) is 5.75 Å². The van der Waals surface area contributed by atoms with Gasteiger partial charge in [-0.15, -0.1) is 11.3 Å². The number of hydrogen-bond donors (Lipinski definition) is 4. The summed E-state index contributed by atoms with van der Waals surface area (Å²) in [5, 5.41) is 7.88. The Morgan fingerprint density at radius 3 is 2.56 bits per heavy atom. The van der Waals surface area contributed by atoms with E-state index in [-0.39, 0.29) is 18.3 Å². The van der Waals surface area contributed by atoms with Gasteiger partial charge in [-0.05, 0) is 69.0 Å². The molecule has 0 bridgehead atoms. The zero-order chi connectivity index (χ0) is 39.8. The van der Waals surface area contributed by atoms with Crippen molar-refractivity contribution >= 4 is 34.2 Å². The van der Waals surface area contributed by atoms with Crippen LogP contribution in [0, 0.1) is 11.7 Å². The summed E-state index contributed by atoms with van der Waals surface area (Å²) < 4.78 is 29.9. The maximum atomic E-state index is 16.5. The van der Waals surface area contributed by atoms with Gasteiger partial charge in [-0.3, -0.25) is 9.36 Å². The Labute approximate surface area is 334 Å². The number of alkyl carbamates (subject to hydrolysis) is 1. The zero-order valence-electron chi connectivity index (χ0n) is 32.8. The molecule has 298 valence electrons. The van der Waals surface area contributed by atoms with E-state index >= 15 is 4.39 Å². The normalized spacial score (nSPS) is 15.3. The number of aryl methyl sites for hydroxylation is 1. The molecule has 8 rings (SSSR count). The lowest BCUT2D eigenvalue weighted by atomic mass is 10.0. The maximum absolute atomic E-state index is 16.5. The number of likely N-dealkylation sites (N-methyl/N-ethyl adjacent to an activating group) is 2. The minimum atomic E-state index is -0.643. The van der Waals surface area contributed by atoms with Crippen molar-refractivity contribution < 1.29 is 23.5 Å². The first-order chi connectivity index (χ1) is 27.6. The molecule has 1 fully saturated rings. The number of hydrogen-bond acceptors (Lipinski definition) is 9. The second kappa shape index (κ2) is 16.1. The summed E-state index contributed by atoms with van der Waals surface area (Å²) in [7, 11) is 4.94. The molecule has 2 atom stereocenters. The Morgan fingerprint density at radius 1 is 1.04 bits per heavy atom. The van der Waals surface area contributed by atoms with Crippen molar-refractivity contribution in [3.8, 4) is 39.5 Å². The Hall–Kier alpha value is -5.54. The predicted octanol–water partition coefficient (Wildman–Crippen LogP) is 7.42. The number of imidazole rings is 2. The van der Waals surface area contributed by atoms with Gasteiger partial charge in [0, 0.05) is 61.1 Å². The number of halogens is 1. The molecule has 0 radical (unpaired) electrons. The van der Waals surface area contributed by atoms with E-state index in [0.29, 0.717) is 53.4 Å². The predicted molar refractivity (Wildman–Crippen MR) is 218 cm³/mol. The first-order valence-corrected chi connectivity index (χ1v) is 20.3. The highest BCUT2D eigenvalue weighted by Gasteiger charge is 2.35. The van der Waals surface area contributed by atoms with Gasteiger partial charge in [-0.25, -0.2) is 24.1 Å². The van der Waals surface area contributed by atoms with Crippen molar-refractivity contribution in [2.24, 2.45) is 5.92 Å². The third kappa shape index (κ3) is 8.03. The van der Waals surface area contributed by atoms with Gasteiger partial charge in [-0.1, -0.05) is 19.9 Å². The molecule has 1 saturated carbocycles. The molecule has 5 heterocycles. The van der Waals surface area contributed by atoms with Crippen LogP contribution in [-0.4, -0.2) is 86.7 Å². The summed E-state index contributed by atoms with van der Waals surface area (Å²) in [6.45, 7) is 4.82. The van der Waals surface area contributed by atoms with Crippen LogP contribution >= 0.6 is 11.3 Å². The summed E-state index contributed by atoms with van der Waals surface area (Å²) >= 11 is 1.67. The van der Waals surface area contributed by atoms with Crippen molar-refractivity contribution in [2.75, 3.05) is 34.3 Å². The van der Waals surface area contributed by atoms with Crippen LogP contribution in [0.3, 0.4) is 0 Å². The summed E-state index contributed by atoms with van der Waals surface area (Å²) in [6.07, 6.45) is 9.62. The van der Waals surface area contributed by atoms with E-state index in [1.807, 2.05) is 25.5 Å². The number of rotatable bonds is 15. The maximum Gasteiger partial charge on any atom is 0.407 e. The van der Waals surface area contributed by atoms with Gasteiger partial charge in [0.2, 0.25) is 12.1 Å². The number of thiazole rings is 1. The minimum absolute atomic E-state index is 0.120. The number of carbonyl (C=O) groups excluding carboxylic acids is 2. The van der Waals surface area contributed by atoms with Crippen LogP contribution in [0.1, 0.15) is 73.2 Å². The molecule has 2 aliphatic rings. The van der Waals surface area contributed by atoms with Crippen molar-refractivity contribution in [1.82, 2.24) is 45.0 Å². The topological polar surface area (TPSA) is 155 Å². The zero-order valence-corrected chi connectivity index (χ0v) is 33.6. The number of nitrogens with one attached hydrogen (secondary N) is 4. The summed E-state index contributed by atoms with van der Waals surface area (Å²) in [5.41, 5.74) is 5.35. The standard InChI is InChI=1S/C42H48FN9O4S/c1-23(2)29(44-3)18-37-46-19-30(50-37)25-11-12-32-27(14-25)16-33-39-28(43)15-26(17-34(39)56-41(52(32)33)35-21-47-40(57-35)24-9-10-24)31-20-45-36(49-31)8-6-7-13-51(4)38(53)22-48-42(54)55-5/h11-12,14-17,19-21,23-24,29,41,44H,6-10,13,18,22H2,1-5H3,(H,45,49)(H,46,50)(H,48,54). The molecule has 2 aromatic carbocycles. The number of unbranched alkanes of at least 4 members (excludes halogenated alkanes) is 1. The van der Waals surface area contributed by atoms with E-state index in [9.17, 15) is 9.59 Å². The monoisotopic (exact) mass is 793 g/mol. The Balaban J connectivity index is 1.05. The number of nitrogens with zero attached hydrogens (tertiary/aromatic N) is 5. The first kappa shape index (κ1) is 38.3. The van der Waals surface area contributed by atoms with E-state index < -0.39 is 12.3 Å². The van der Waals surface area contributed by atoms with E-state index in [0.717, 1.165) is 81.5 Å².